The Morgan fingerprint density at radius 1 is 1.39 bits per heavy atom. The molecule has 18 heavy (non-hydrogen) atoms. The Hall–Kier alpha value is -1.46. The van der Waals surface area contributed by atoms with Crippen molar-refractivity contribution in [2.45, 2.75) is 32.8 Å². The van der Waals surface area contributed by atoms with E-state index in [9.17, 15) is 4.79 Å². The highest BCUT2D eigenvalue weighted by molar-refractivity contribution is 5.67. The molecule has 0 rings (SSSR count). The van der Waals surface area contributed by atoms with Crippen LogP contribution in [0.2, 0.25) is 0 Å². The van der Waals surface area contributed by atoms with E-state index in [4.69, 9.17) is 15.0 Å². The van der Waals surface area contributed by atoms with Crippen molar-refractivity contribution < 1.29 is 14.3 Å². The molecule has 1 amide bonds. The molecule has 7 heteroatoms. The second kappa shape index (κ2) is 8.60. The Morgan fingerprint density at radius 2 is 2.06 bits per heavy atom. The lowest BCUT2D eigenvalue weighted by atomic mass is 10.2. The van der Waals surface area contributed by atoms with Crippen LogP contribution in [0.5, 0.6) is 0 Å². The van der Waals surface area contributed by atoms with Gasteiger partial charge < -0.3 is 14.4 Å². The highest BCUT2D eigenvalue weighted by Crippen LogP contribution is 2.09. The quantitative estimate of drug-likeness (QED) is 0.304. The summed E-state index contributed by atoms with van der Waals surface area (Å²) in [5.41, 5.74) is 7.57. The average molecular weight is 258 g/mol. The van der Waals surface area contributed by atoms with Crippen LogP contribution in [-0.2, 0) is 9.47 Å². The molecular weight excluding hydrogens is 236 g/mol. The molecular formula is C11H22N4O3. The summed E-state index contributed by atoms with van der Waals surface area (Å²) in [4.78, 5) is 15.7. The van der Waals surface area contributed by atoms with Gasteiger partial charge in [-0.25, -0.2) is 4.79 Å². The molecule has 7 nitrogen and oxygen atoms in total. The Balaban J connectivity index is 3.61. The predicted molar refractivity (Wildman–Crippen MR) is 68.3 cm³/mol. The summed E-state index contributed by atoms with van der Waals surface area (Å²) < 4.78 is 10.4. The first-order valence-electron chi connectivity index (χ1n) is 5.89. The number of ether oxygens (including phenoxy) is 2. The van der Waals surface area contributed by atoms with Gasteiger partial charge in [-0.1, -0.05) is 5.11 Å². The summed E-state index contributed by atoms with van der Waals surface area (Å²) in [6.07, 6.45) is 0.378. The number of hydrogen-bond donors (Lipinski definition) is 0. The van der Waals surface area contributed by atoms with Gasteiger partial charge in [-0.3, -0.25) is 0 Å². The van der Waals surface area contributed by atoms with Gasteiger partial charge in [0.2, 0.25) is 0 Å². The third kappa shape index (κ3) is 9.74. The Kier molecular flexibility index (Phi) is 7.91. The third-order valence-electron chi connectivity index (χ3n) is 1.89. The summed E-state index contributed by atoms with van der Waals surface area (Å²) in [7, 11) is 1.69. The molecule has 0 aromatic carbocycles. The maximum Gasteiger partial charge on any atom is 0.410 e. The molecule has 0 heterocycles. The Morgan fingerprint density at radius 3 is 2.61 bits per heavy atom. The zero-order chi connectivity index (χ0) is 14.0. The van der Waals surface area contributed by atoms with Gasteiger partial charge in [-0.2, -0.15) is 0 Å². The minimum absolute atomic E-state index is 0.332. The van der Waals surface area contributed by atoms with E-state index in [1.54, 1.807) is 7.05 Å². The fraction of sp³-hybridized carbons (Fsp3) is 0.909. The molecule has 0 fully saturated rings. The van der Waals surface area contributed by atoms with E-state index < -0.39 is 5.60 Å². The maximum atomic E-state index is 11.6. The minimum Gasteiger partial charge on any atom is -0.444 e. The van der Waals surface area contributed by atoms with Crippen LogP contribution in [0.4, 0.5) is 4.79 Å². The van der Waals surface area contributed by atoms with E-state index in [0.29, 0.717) is 32.7 Å². The van der Waals surface area contributed by atoms with Crippen LogP contribution in [0.15, 0.2) is 5.11 Å². The number of carbonyl (C=O) groups is 1. The van der Waals surface area contributed by atoms with Crippen LogP contribution < -0.4 is 0 Å². The number of hydrogen-bond acceptors (Lipinski definition) is 4. The van der Waals surface area contributed by atoms with Crippen molar-refractivity contribution in [2.24, 2.45) is 5.11 Å². The molecule has 0 aliphatic carbocycles. The summed E-state index contributed by atoms with van der Waals surface area (Å²) in [6, 6.07) is 0. The van der Waals surface area contributed by atoms with Crippen molar-refractivity contribution in [1.29, 1.82) is 0 Å². The average Bonchev–Trinajstić information content (AvgIpc) is 2.25. The molecule has 0 aliphatic heterocycles. The first-order chi connectivity index (χ1) is 8.37. The number of amides is 1. The van der Waals surface area contributed by atoms with Gasteiger partial charge in [0.25, 0.3) is 0 Å². The molecule has 0 saturated heterocycles. The van der Waals surface area contributed by atoms with Crippen molar-refractivity contribution >= 4 is 6.09 Å². The number of nitrogens with zero attached hydrogens (tertiary/aromatic N) is 4. The first-order valence-corrected chi connectivity index (χ1v) is 5.89. The minimum atomic E-state index is -0.475. The molecule has 0 atom stereocenters. The number of carbonyl (C=O) groups excluding carboxylic acids is 1. The SMILES string of the molecule is CN(CCCOCCN=[N+]=[N-])C(=O)OC(C)(C)C. The van der Waals surface area contributed by atoms with Crippen LogP contribution in [0, 0.1) is 0 Å². The second-order valence-corrected chi connectivity index (χ2v) is 4.82. The summed E-state index contributed by atoms with van der Waals surface area (Å²) in [5, 5.41) is 3.34. The van der Waals surface area contributed by atoms with Gasteiger partial charge in [0, 0.05) is 31.7 Å². The monoisotopic (exact) mass is 258 g/mol. The van der Waals surface area contributed by atoms with Crippen molar-refractivity contribution in [3.63, 3.8) is 0 Å². The summed E-state index contributed by atoms with van der Waals surface area (Å²) in [5.74, 6) is 0. The van der Waals surface area contributed by atoms with Gasteiger partial charge in [-0.15, -0.1) is 0 Å². The topological polar surface area (TPSA) is 87.5 Å². The molecule has 0 bridgehead atoms. The number of rotatable bonds is 7. The fourth-order valence-corrected chi connectivity index (χ4v) is 1.09. The highest BCUT2D eigenvalue weighted by atomic mass is 16.6. The lowest BCUT2D eigenvalue weighted by molar-refractivity contribution is 0.0280. The van der Waals surface area contributed by atoms with E-state index in [-0.39, 0.29) is 6.09 Å². The highest BCUT2D eigenvalue weighted by Gasteiger charge is 2.18. The van der Waals surface area contributed by atoms with Crippen molar-refractivity contribution in [3.8, 4) is 0 Å². The zero-order valence-corrected chi connectivity index (χ0v) is 11.5. The van der Waals surface area contributed by atoms with Gasteiger partial charge in [0.05, 0.1) is 6.61 Å². The van der Waals surface area contributed by atoms with Gasteiger partial charge in [0.1, 0.15) is 5.60 Å². The largest absolute Gasteiger partial charge is 0.444 e. The lowest BCUT2D eigenvalue weighted by Crippen LogP contribution is -2.35. The van der Waals surface area contributed by atoms with E-state index in [2.05, 4.69) is 10.0 Å². The molecule has 0 saturated carbocycles. The molecule has 0 unspecified atom stereocenters. The van der Waals surface area contributed by atoms with Crippen molar-refractivity contribution in [2.75, 3.05) is 33.4 Å². The van der Waals surface area contributed by atoms with Crippen LogP contribution in [0.3, 0.4) is 0 Å². The Labute approximate surface area is 108 Å². The maximum absolute atomic E-state index is 11.6. The van der Waals surface area contributed by atoms with E-state index in [0.717, 1.165) is 0 Å². The standard InChI is InChI=1S/C11H22N4O3/c1-11(2,3)18-10(16)15(4)7-5-8-17-9-6-13-14-12/h5-9H2,1-4H3. The normalized spacial score (nSPS) is 10.7. The Bertz CT molecular complexity index is 295. The van der Waals surface area contributed by atoms with Crippen molar-refractivity contribution in [3.05, 3.63) is 10.4 Å². The van der Waals surface area contributed by atoms with Crippen molar-refractivity contribution in [1.82, 2.24) is 4.90 Å². The first kappa shape index (κ1) is 16.5. The van der Waals surface area contributed by atoms with Crippen LogP contribution in [-0.4, -0.2) is 49.9 Å². The third-order valence-corrected chi connectivity index (χ3v) is 1.89. The number of azide groups is 1. The summed E-state index contributed by atoms with van der Waals surface area (Å²) >= 11 is 0. The van der Waals surface area contributed by atoms with Crippen LogP contribution in [0.1, 0.15) is 27.2 Å². The lowest BCUT2D eigenvalue weighted by Gasteiger charge is -2.24. The van der Waals surface area contributed by atoms with Gasteiger partial charge in [0.15, 0.2) is 0 Å². The van der Waals surface area contributed by atoms with Crippen LogP contribution in [0.25, 0.3) is 10.4 Å². The molecule has 0 radical (unpaired) electrons. The molecule has 0 aromatic heterocycles. The summed E-state index contributed by atoms with van der Waals surface area (Å²) in [6.45, 7) is 7.32. The fourth-order valence-electron chi connectivity index (χ4n) is 1.09. The predicted octanol–water partition coefficient (Wildman–Crippen LogP) is 2.57. The van der Waals surface area contributed by atoms with Gasteiger partial charge >= 0.3 is 6.09 Å². The van der Waals surface area contributed by atoms with Gasteiger partial charge in [-0.05, 0) is 32.7 Å². The van der Waals surface area contributed by atoms with E-state index >= 15 is 0 Å². The molecule has 0 spiro atoms. The van der Waals surface area contributed by atoms with E-state index in [1.165, 1.54) is 4.90 Å². The van der Waals surface area contributed by atoms with E-state index in [1.807, 2.05) is 20.8 Å². The molecule has 0 aliphatic rings. The molecule has 0 N–H and O–H groups in total. The smallest absolute Gasteiger partial charge is 0.410 e. The van der Waals surface area contributed by atoms with Crippen LogP contribution >= 0.6 is 0 Å². The second-order valence-electron chi connectivity index (χ2n) is 4.82. The molecule has 0 aromatic rings. The molecule has 104 valence electrons. The zero-order valence-electron chi connectivity index (χ0n) is 11.5.